The smallest absolute Gasteiger partial charge is 0.190 e. The highest BCUT2D eigenvalue weighted by Gasteiger charge is 2.34. The third-order valence-corrected chi connectivity index (χ3v) is 5.50. The van der Waals surface area contributed by atoms with Gasteiger partial charge in [0.25, 0.3) is 0 Å². The summed E-state index contributed by atoms with van der Waals surface area (Å²) in [6.45, 7) is 9.49. The van der Waals surface area contributed by atoms with Crippen LogP contribution in [0.25, 0.3) is 0 Å². The number of hydrogen-bond acceptors (Lipinski definition) is 4. The zero-order chi connectivity index (χ0) is 17.3. The number of nitrogens with one attached hydrogen (secondary N) is 2. The van der Waals surface area contributed by atoms with Crippen LogP contribution >= 0.6 is 24.0 Å². The average molecular weight is 468 g/mol. The normalized spacial score (nSPS) is 25.6. The monoisotopic (exact) mass is 468 g/mol. The van der Waals surface area contributed by atoms with E-state index in [1.165, 1.54) is 32.5 Å². The quantitative estimate of drug-likeness (QED) is 0.219. The fourth-order valence-electron chi connectivity index (χ4n) is 3.60. The van der Waals surface area contributed by atoms with Crippen molar-refractivity contribution in [1.82, 2.24) is 15.5 Å². The molecule has 1 unspecified atom stereocenters. The maximum atomic E-state index is 9.29. The van der Waals surface area contributed by atoms with Crippen molar-refractivity contribution < 1.29 is 9.84 Å². The second kappa shape index (κ2) is 12.3. The Morgan fingerprint density at radius 3 is 2.68 bits per heavy atom. The average Bonchev–Trinajstić information content (AvgIpc) is 3.05. The van der Waals surface area contributed by atoms with Crippen LogP contribution < -0.4 is 10.6 Å². The van der Waals surface area contributed by atoms with E-state index in [2.05, 4.69) is 27.4 Å². The van der Waals surface area contributed by atoms with Crippen LogP contribution in [-0.4, -0.2) is 75.6 Å². The van der Waals surface area contributed by atoms with Gasteiger partial charge in [-0.3, -0.25) is 4.99 Å². The van der Waals surface area contributed by atoms with E-state index < -0.39 is 0 Å². The molecule has 3 N–H and O–H groups in total. The first kappa shape index (κ1) is 22.9. The minimum Gasteiger partial charge on any atom is -0.396 e. The van der Waals surface area contributed by atoms with Gasteiger partial charge >= 0.3 is 0 Å². The van der Waals surface area contributed by atoms with Crippen LogP contribution in [0.1, 0.15) is 39.0 Å². The second-order valence-corrected chi connectivity index (χ2v) is 7.51. The lowest BCUT2D eigenvalue weighted by atomic mass is 9.84. The van der Waals surface area contributed by atoms with Gasteiger partial charge in [-0.25, -0.2) is 0 Å². The van der Waals surface area contributed by atoms with Crippen LogP contribution in [0.4, 0.5) is 0 Å². The summed E-state index contributed by atoms with van der Waals surface area (Å²) >= 11 is 0. The van der Waals surface area contributed by atoms with Gasteiger partial charge in [-0.1, -0.05) is 6.92 Å². The number of hydrogen-bond donors (Lipinski definition) is 3. The van der Waals surface area contributed by atoms with Crippen LogP contribution in [0.2, 0.25) is 0 Å². The highest BCUT2D eigenvalue weighted by Crippen LogP contribution is 2.31. The summed E-state index contributed by atoms with van der Waals surface area (Å²) in [4.78, 5) is 6.89. The molecule has 0 saturated carbocycles. The fourth-order valence-corrected chi connectivity index (χ4v) is 3.60. The van der Waals surface area contributed by atoms with Crippen molar-refractivity contribution in [1.29, 1.82) is 0 Å². The lowest BCUT2D eigenvalue weighted by Crippen LogP contribution is -2.45. The van der Waals surface area contributed by atoms with Crippen LogP contribution in [0, 0.1) is 11.3 Å². The second-order valence-electron chi connectivity index (χ2n) is 7.51. The van der Waals surface area contributed by atoms with Gasteiger partial charge in [0.05, 0.1) is 6.61 Å². The van der Waals surface area contributed by atoms with Gasteiger partial charge < -0.3 is 25.4 Å². The van der Waals surface area contributed by atoms with Crippen molar-refractivity contribution in [2.24, 2.45) is 16.3 Å². The number of halogens is 1. The third kappa shape index (κ3) is 7.97. The molecule has 0 aliphatic carbocycles. The van der Waals surface area contributed by atoms with Crippen LogP contribution in [0.3, 0.4) is 0 Å². The molecule has 2 aliphatic heterocycles. The first-order valence-corrected chi connectivity index (χ1v) is 9.53. The van der Waals surface area contributed by atoms with Gasteiger partial charge in [0.2, 0.25) is 0 Å². The van der Waals surface area contributed by atoms with Crippen molar-refractivity contribution in [2.45, 2.75) is 39.0 Å². The molecule has 0 radical (unpaired) electrons. The van der Waals surface area contributed by atoms with Crippen LogP contribution in [-0.2, 0) is 4.74 Å². The molecule has 148 valence electrons. The lowest BCUT2D eigenvalue weighted by Gasteiger charge is -2.30. The SMILES string of the molecule is CN=C(NCCCN1CCC(C)CC1)NCC1(CCO)CCOC1.I. The molecule has 1 atom stereocenters. The number of guanidine groups is 1. The Bertz CT molecular complexity index is 381. The number of aliphatic imine (C=N–C) groups is 1. The molecular formula is C18H37IN4O2. The molecule has 2 fully saturated rings. The Labute approximate surface area is 170 Å². The number of piperidine rings is 1. The van der Waals surface area contributed by atoms with E-state index in [1.54, 1.807) is 0 Å². The summed E-state index contributed by atoms with van der Waals surface area (Å²) in [6, 6.07) is 0. The van der Waals surface area contributed by atoms with Gasteiger partial charge in [0.15, 0.2) is 5.96 Å². The van der Waals surface area contributed by atoms with Crippen molar-refractivity contribution in [3.8, 4) is 0 Å². The molecule has 0 aromatic heterocycles. The molecule has 2 rings (SSSR count). The standard InChI is InChI=1S/C18H36N4O2.HI/c1-16-4-10-22(11-5-16)9-3-8-20-17(19-2)21-14-18(6-12-23)7-13-24-15-18;/h16,23H,3-15H2,1-2H3,(H2,19,20,21);1H. The number of ether oxygens (including phenoxy) is 1. The van der Waals surface area contributed by atoms with E-state index in [4.69, 9.17) is 4.74 Å². The topological polar surface area (TPSA) is 69.1 Å². The molecule has 0 aromatic rings. The minimum absolute atomic E-state index is 0. The Balaban J connectivity index is 0.00000312. The largest absolute Gasteiger partial charge is 0.396 e. The van der Waals surface area contributed by atoms with Gasteiger partial charge in [0, 0.05) is 38.8 Å². The molecule has 25 heavy (non-hydrogen) atoms. The molecule has 6 nitrogen and oxygen atoms in total. The number of aliphatic hydroxyl groups is 1. The number of rotatable bonds is 8. The summed E-state index contributed by atoms with van der Waals surface area (Å²) in [6.07, 6.45) is 5.60. The van der Waals surface area contributed by atoms with Crippen molar-refractivity contribution >= 4 is 29.9 Å². The van der Waals surface area contributed by atoms with E-state index in [0.717, 1.165) is 57.4 Å². The molecule has 0 bridgehead atoms. The van der Waals surface area contributed by atoms with E-state index in [-0.39, 0.29) is 36.0 Å². The number of aliphatic hydroxyl groups excluding tert-OH is 1. The first-order valence-electron chi connectivity index (χ1n) is 9.53. The maximum absolute atomic E-state index is 9.29. The summed E-state index contributed by atoms with van der Waals surface area (Å²) in [7, 11) is 1.81. The maximum Gasteiger partial charge on any atom is 0.190 e. The summed E-state index contributed by atoms with van der Waals surface area (Å²) in [5.41, 5.74) is 0.0524. The summed E-state index contributed by atoms with van der Waals surface area (Å²) < 4.78 is 5.54. The van der Waals surface area contributed by atoms with Gasteiger partial charge in [-0.15, -0.1) is 24.0 Å². The minimum atomic E-state index is 0. The zero-order valence-corrected chi connectivity index (χ0v) is 18.3. The predicted octanol–water partition coefficient (Wildman–Crippen LogP) is 1.68. The molecule has 7 heteroatoms. The van der Waals surface area contributed by atoms with E-state index in [1.807, 2.05) is 7.05 Å². The van der Waals surface area contributed by atoms with E-state index in [9.17, 15) is 5.11 Å². The number of likely N-dealkylation sites (tertiary alicyclic amines) is 1. The highest BCUT2D eigenvalue weighted by molar-refractivity contribution is 14.0. The zero-order valence-electron chi connectivity index (χ0n) is 15.9. The molecule has 2 saturated heterocycles. The molecule has 0 spiro atoms. The molecule has 2 heterocycles. The molecule has 0 amide bonds. The Morgan fingerprint density at radius 2 is 2.08 bits per heavy atom. The van der Waals surface area contributed by atoms with Crippen molar-refractivity contribution in [3.63, 3.8) is 0 Å². The van der Waals surface area contributed by atoms with Crippen molar-refractivity contribution in [3.05, 3.63) is 0 Å². The molecule has 2 aliphatic rings. The molecule has 0 aromatic carbocycles. The lowest BCUT2D eigenvalue weighted by molar-refractivity contribution is 0.127. The molecular weight excluding hydrogens is 431 g/mol. The highest BCUT2D eigenvalue weighted by atomic mass is 127. The Hall–Kier alpha value is -0.120. The first-order chi connectivity index (χ1) is 11.7. The fraction of sp³-hybridized carbons (Fsp3) is 0.944. The van der Waals surface area contributed by atoms with Gasteiger partial charge in [-0.2, -0.15) is 0 Å². The van der Waals surface area contributed by atoms with Crippen LogP contribution in [0.15, 0.2) is 4.99 Å². The van der Waals surface area contributed by atoms with Crippen LogP contribution in [0.5, 0.6) is 0 Å². The summed E-state index contributed by atoms with van der Waals surface area (Å²) in [5, 5.41) is 16.1. The van der Waals surface area contributed by atoms with Crippen molar-refractivity contribution in [2.75, 3.05) is 59.6 Å². The van der Waals surface area contributed by atoms with Gasteiger partial charge in [0.1, 0.15) is 0 Å². The van der Waals surface area contributed by atoms with Gasteiger partial charge in [-0.05, 0) is 57.7 Å². The summed E-state index contributed by atoms with van der Waals surface area (Å²) in [5.74, 6) is 1.75. The van der Waals surface area contributed by atoms with E-state index in [0.29, 0.717) is 0 Å². The van der Waals surface area contributed by atoms with E-state index >= 15 is 0 Å². The Kier molecular flexibility index (Phi) is 11.3. The number of nitrogens with zero attached hydrogens (tertiary/aromatic N) is 2. The third-order valence-electron chi connectivity index (χ3n) is 5.50. The predicted molar refractivity (Wildman–Crippen MR) is 114 cm³/mol. The Morgan fingerprint density at radius 1 is 1.32 bits per heavy atom.